The quantitative estimate of drug-likeness (QED) is 0.866. The van der Waals surface area contributed by atoms with Crippen LogP contribution in [0.4, 0.5) is 4.39 Å². The third-order valence-corrected chi connectivity index (χ3v) is 3.37. The molecule has 0 amide bonds. The maximum absolute atomic E-state index is 13.9. The highest BCUT2D eigenvalue weighted by atomic mass is 19.1. The summed E-state index contributed by atoms with van der Waals surface area (Å²) in [5.41, 5.74) is 0.810. The molecule has 1 aromatic carbocycles. The molecule has 0 aliphatic rings. The van der Waals surface area contributed by atoms with E-state index in [1.807, 2.05) is 13.0 Å². The number of rotatable bonds is 6. The van der Waals surface area contributed by atoms with Crippen molar-refractivity contribution in [1.82, 2.24) is 5.32 Å². The largest absolute Gasteiger partial charge is 0.494 e. The van der Waals surface area contributed by atoms with Gasteiger partial charge in [0.25, 0.3) is 0 Å². The van der Waals surface area contributed by atoms with Crippen molar-refractivity contribution >= 4 is 0 Å². The third-order valence-electron chi connectivity index (χ3n) is 3.37. The van der Waals surface area contributed by atoms with Crippen molar-refractivity contribution in [3.8, 4) is 5.75 Å². The predicted octanol–water partition coefficient (Wildman–Crippen LogP) is 3.55. The Balaban J connectivity index is 3.16. The van der Waals surface area contributed by atoms with E-state index in [9.17, 15) is 4.39 Å². The minimum atomic E-state index is -0.350. The fourth-order valence-corrected chi connectivity index (χ4v) is 2.49. The Hall–Kier alpha value is -1.13. The van der Waals surface area contributed by atoms with E-state index in [0.29, 0.717) is 0 Å². The first-order valence-electron chi connectivity index (χ1n) is 6.94. The van der Waals surface area contributed by atoms with Crippen LogP contribution in [0.25, 0.3) is 0 Å². The summed E-state index contributed by atoms with van der Waals surface area (Å²) in [6.07, 6.45) is -0.0600. The van der Waals surface area contributed by atoms with Crippen LogP contribution >= 0.6 is 0 Å². The van der Waals surface area contributed by atoms with Crippen molar-refractivity contribution in [2.75, 3.05) is 20.8 Å². The minimum Gasteiger partial charge on any atom is -0.494 e. The second-order valence-electron chi connectivity index (χ2n) is 5.95. The Bertz CT molecular complexity index is 429. The summed E-state index contributed by atoms with van der Waals surface area (Å²) in [4.78, 5) is 0. The van der Waals surface area contributed by atoms with Crippen molar-refractivity contribution in [3.63, 3.8) is 0 Å². The van der Waals surface area contributed by atoms with E-state index in [1.54, 1.807) is 13.2 Å². The maximum Gasteiger partial charge on any atom is 0.165 e. The van der Waals surface area contributed by atoms with E-state index in [2.05, 4.69) is 26.1 Å². The van der Waals surface area contributed by atoms with Gasteiger partial charge in [-0.1, -0.05) is 33.8 Å². The van der Waals surface area contributed by atoms with Gasteiger partial charge >= 0.3 is 0 Å². The van der Waals surface area contributed by atoms with Crippen molar-refractivity contribution in [2.45, 2.75) is 39.8 Å². The van der Waals surface area contributed by atoms with Crippen LogP contribution in [0.5, 0.6) is 5.75 Å². The van der Waals surface area contributed by atoms with Crippen LogP contribution in [0, 0.1) is 11.2 Å². The van der Waals surface area contributed by atoms with Gasteiger partial charge in [0.05, 0.1) is 19.3 Å². The number of hydrogen-bond donors (Lipinski definition) is 1. The summed E-state index contributed by atoms with van der Waals surface area (Å²) in [6.45, 7) is 9.17. The van der Waals surface area contributed by atoms with Crippen molar-refractivity contribution in [2.24, 2.45) is 5.41 Å². The minimum absolute atomic E-state index is 0.0575. The molecule has 4 heteroatoms. The van der Waals surface area contributed by atoms with E-state index >= 15 is 0 Å². The van der Waals surface area contributed by atoms with Gasteiger partial charge in [0.2, 0.25) is 0 Å². The standard InChI is InChI=1S/C16H26FNO2/c1-7-18-14(15(20-6)16(2,3)4)11-8-9-13(19-5)12(17)10-11/h8-10,14-15,18H,7H2,1-6H3. The molecular weight excluding hydrogens is 257 g/mol. The van der Waals surface area contributed by atoms with Gasteiger partial charge in [0.15, 0.2) is 11.6 Å². The van der Waals surface area contributed by atoms with Crippen molar-refractivity contribution in [1.29, 1.82) is 0 Å². The molecule has 0 heterocycles. The second kappa shape index (κ2) is 7.04. The normalized spacial score (nSPS) is 14.9. The summed E-state index contributed by atoms with van der Waals surface area (Å²) in [5.74, 6) is -0.0922. The summed E-state index contributed by atoms with van der Waals surface area (Å²) in [7, 11) is 3.16. The summed E-state index contributed by atoms with van der Waals surface area (Å²) < 4.78 is 24.6. The van der Waals surface area contributed by atoms with Crippen LogP contribution < -0.4 is 10.1 Å². The SMILES string of the molecule is CCNC(c1ccc(OC)c(F)c1)C(OC)C(C)(C)C. The molecule has 1 aromatic rings. The first-order valence-corrected chi connectivity index (χ1v) is 6.94. The van der Waals surface area contributed by atoms with Crippen LogP contribution in [0.2, 0.25) is 0 Å². The first-order chi connectivity index (χ1) is 9.35. The molecule has 2 atom stereocenters. The average Bonchev–Trinajstić information content (AvgIpc) is 2.37. The molecule has 1 rings (SSSR count). The molecule has 0 aromatic heterocycles. The highest BCUT2D eigenvalue weighted by molar-refractivity contribution is 5.31. The fourth-order valence-electron chi connectivity index (χ4n) is 2.49. The lowest BCUT2D eigenvalue weighted by Gasteiger charge is -2.36. The van der Waals surface area contributed by atoms with E-state index in [-0.39, 0.29) is 29.1 Å². The number of ether oxygens (including phenoxy) is 2. The lowest BCUT2D eigenvalue weighted by Crippen LogP contribution is -2.41. The molecule has 0 saturated heterocycles. The molecule has 20 heavy (non-hydrogen) atoms. The number of methoxy groups -OCH3 is 2. The van der Waals surface area contributed by atoms with E-state index < -0.39 is 0 Å². The Morgan fingerprint density at radius 1 is 1.25 bits per heavy atom. The number of halogens is 1. The second-order valence-corrected chi connectivity index (χ2v) is 5.95. The summed E-state index contributed by atoms with van der Waals surface area (Å²) in [6, 6.07) is 4.99. The Labute approximate surface area is 121 Å². The number of likely N-dealkylation sites (N-methyl/N-ethyl adjacent to an activating group) is 1. The Kier molecular flexibility index (Phi) is 5.96. The highest BCUT2D eigenvalue weighted by Crippen LogP contribution is 2.33. The summed E-state index contributed by atoms with van der Waals surface area (Å²) >= 11 is 0. The number of benzene rings is 1. The Morgan fingerprint density at radius 2 is 1.90 bits per heavy atom. The van der Waals surface area contributed by atoms with Gasteiger partial charge in [-0.3, -0.25) is 0 Å². The van der Waals surface area contributed by atoms with E-state index in [4.69, 9.17) is 9.47 Å². The van der Waals surface area contributed by atoms with Crippen molar-refractivity contribution in [3.05, 3.63) is 29.6 Å². The molecule has 0 saturated carbocycles. The van der Waals surface area contributed by atoms with Crippen LogP contribution in [-0.4, -0.2) is 26.9 Å². The average molecular weight is 283 g/mol. The molecule has 0 fully saturated rings. The summed E-state index contributed by atoms with van der Waals surface area (Å²) in [5, 5.41) is 3.39. The van der Waals surface area contributed by atoms with Gasteiger partial charge in [-0.2, -0.15) is 0 Å². The molecule has 0 bridgehead atoms. The zero-order valence-corrected chi connectivity index (χ0v) is 13.3. The molecule has 1 N–H and O–H groups in total. The van der Waals surface area contributed by atoms with Crippen LogP contribution in [0.3, 0.4) is 0 Å². The van der Waals surface area contributed by atoms with Gasteiger partial charge in [0.1, 0.15) is 0 Å². The zero-order chi connectivity index (χ0) is 15.3. The molecule has 114 valence electrons. The monoisotopic (exact) mass is 283 g/mol. The van der Waals surface area contributed by atoms with Crippen molar-refractivity contribution < 1.29 is 13.9 Å². The predicted molar refractivity (Wildman–Crippen MR) is 79.6 cm³/mol. The smallest absolute Gasteiger partial charge is 0.165 e. The molecular formula is C16H26FNO2. The topological polar surface area (TPSA) is 30.5 Å². The van der Waals surface area contributed by atoms with Gasteiger partial charge in [-0.15, -0.1) is 0 Å². The fraction of sp³-hybridized carbons (Fsp3) is 0.625. The van der Waals surface area contributed by atoms with Gasteiger partial charge in [-0.05, 0) is 29.7 Å². The number of nitrogens with one attached hydrogen (secondary N) is 1. The lowest BCUT2D eigenvalue weighted by atomic mass is 9.82. The molecule has 2 unspecified atom stereocenters. The van der Waals surface area contributed by atoms with E-state index in [1.165, 1.54) is 13.2 Å². The third kappa shape index (κ3) is 3.93. The van der Waals surface area contributed by atoms with Crippen LogP contribution in [-0.2, 0) is 4.74 Å². The highest BCUT2D eigenvalue weighted by Gasteiger charge is 2.33. The molecule has 0 aliphatic heterocycles. The Morgan fingerprint density at radius 3 is 2.30 bits per heavy atom. The zero-order valence-electron chi connectivity index (χ0n) is 13.3. The van der Waals surface area contributed by atoms with E-state index in [0.717, 1.165) is 12.1 Å². The maximum atomic E-state index is 13.9. The number of hydrogen-bond acceptors (Lipinski definition) is 3. The van der Waals surface area contributed by atoms with Gasteiger partial charge < -0.3 is 14.8 Å². The van der Waals surface area contributed by atoms with Gasteiger partial charge in [-0.25, -0.2) is 4.39 Å². The molecule has 0 aliphatic carbocycles. The van der Waals surface area contributed by atoms with Gasteiger partial charge in [0, 0.05) is 7.11 Å². The molecule has 3 nitrogen and oxygen atoms in total. The molecule has 0 radical (unpaired) electrons. The first kappa shape index (κ1) is 16.9. The molecule has 0 spiro atoms. The van der Waals surface area contributed by atoms with Crippen LogP contribution in [0.15, 0.2) is 18.2 Å². The van der Waals surface area contributed by atoms with Crippen LogP contribution in [0.1, 0.15) is 39.3 Å². The lowest BCUT2D eigenvalue weighted by molar-refractivity contribution is -0.0116.